The monoisotopic (exact) mass is 251 g/mol. The lowest BCUT2D eigenvalue weighted by molar-refractivity contribution is 0.00410. The van der Waals surface area contributed by atoms with Crippen LogP contribution in [0.3, 0.4) is 0 Å². The molecule has 3 heterocycles. The van der Waals surface area contributed by atoms with Crippen molar-refractivity contribution in [2.45, 2.75) is 57.5 Å². The van der Waals surface area contributed by atoms with Crippen LogP contribution in [0.15, 0.2) is 0 Å². The Morgan fingerprint density at radius 1 is 1.22 bits per heavy atom. The predicted octanol–water partition coefficient (Wildman–Crippen LogP) is 1.58. The van der Waals surface area contributed by atoms with Crippen molar-refractivity contribution >= 4 is 0 Å². The van der Waals surface area contributed by atoms with Crippen molar-refractivity contribution < 1.29 is 0 Å². The molecular formula is C15H29N3. The minimum atomic E-state index is 0.224. The van der Waals surface area contributed by atoms with E-state index in [0.717, 1.165) is 12.5 Å². The number of rotatable bonds is 3. The standard InChI is InChI=1S/C15H29N3/c1-14(2)6-3-13(9-14)17-15(10-16)11-18-7-4-12(15)5-8-18/h12-13,17H,3-11,16H2,1-2H3. The molecule has 4 fully saturated rings. The van der Waals surface area contributed by atoms with Crippen LogP contribution in [0.1, 0.15) is 46.0 Å². The summed E-state index contributed by atoms with van der Waals surface area (Å²) >= 11 is 0. The lowest BCUT2D eigenvalue weighted by Crippen LogP contribution is -2.70. The minimum Gasteiger partial charge on any atom is -0.329 e. The Morgan fingerprint density at radius 3 is 2.39 bits per heavy atom. The molecule has 4 aliphatic rings. The molecule has 0 aromatic carbocycles. The molecule has 0 aromatic rings. The fourth-order valence-corrected chi connectivity index (χ4v) is 4.59. The Kier molecular flexibility index (Phi) is 3.20. The van der Waals surface area contributed by atoms with Gasteiger partial charge < -0.3 is 16.0 Å². The molecule has 2 bridgehead atoms. The molecule has 0 spiro atoms. The summed E-state index contributed by atoms with van der Waals surface area (Å²) < 4.78 is 0. The summed E-state index contributed by atoms with van der Waals surface area (Å²) in [7, 11) is 0. The first-order valence-electron chi connectivity index (χ1n) is 7.73. The molecule has 3 N–H and O–H groups in total. The van der Waals surface area contributed by atoms with E-state index in [-0.39, 0.29) is 5.54 Å². The van der Waals surface area contributed by atoms with Gasteiger partial charge in [0.15, 0.2) is 0 Å². The van der Waals surface area contributed by atoms with Crippen LogP contribution in [-0.4, -0.2) is 42.7 Å². The van der Waals surface area contributed by atoms with E-state index in [0.29, 0.717) is 11.5 Å². The van der Waals surface area contributed by atoms with Crippen molar-refractivity contribution in [3.05, 3.63) is 0 Å². The van der Waals surface area contributed by atoms with Gasteiger partial charge in [0.1, 0.15) is 0 Å². The topological polar surface area (TPSA) is 41.3 Å². The first kappa shape index (κ1) is 12.9. The number of fused-ring (bicyclic) bond motifs is 3. The number of piperidine rings is 3. The highest BCUT2D eigenvalue weighted by atomic mass is 15.2. The van der Waals surface area contributed by atoms with Crippen molar-refractivity contribution in [2.24, 2.45) is 17.1 Å². The van der Waals surface area contributed by atoms with Gasteiger partial charge in [0.2, 0.25) is 0 Å². The predicted molar refractivity (Wildman–Crippen MR) is 75.5 cm³/mol. The maximum Gasteiger partial charge on any atom is 0.0464 e. The van der Waals surface area contributed by atoms with Gasteiger partial charge in [-0.25, -0.2) is 0 Å². The zero-order chi connectivity index (χ0) is 12.8. The van der Waals surface area contributed by atoms with E-state index >= 15 is 0 Å². The average molecular weight is 251 g/mol. The van der Waals surface area contributed by atoms with Crippen LogP contribution in [0.2, 0.25) is 0 Å². The van der Waals surface area contributed by atoms with E-state index in [1.807, 2.05) is 0 Å². The van der Waals surface area contributed by atoms with Crippen LogP contribution in [0.25, 0.3) is 0 Å². The van der Waals surface area contributed by atoms with Gasteiger partial charge in [-0.2, -0.15) is 0 Å². The zero-order valence-electron chi connectivity index (χ0n) is 12.0. The Labute approximate surface area is 111 Å². The summed E-state index contributed by atoms with van der Waals surface area (Å²) in [5.74, 6) is 0.816. The smallest absolute Gasteiger partial charge is 0.0464 e. The van der Waals surface area contributed by atoms with Crippen LogP contribution in [-0.2, 0) is 0 Å². The SMILES string of the molecule is CC1(C)CCC(NC2(CN)CN3CCC2CC3)C1. The number of nitrogens with two attached hydrogens (primary N) is 1. The van der Waals surface area contributed by atoms with Crippen LogP contribution in [0.4, 0.5) is 0 Å². The lowest BCUT2D eigenvalue weighted by atomic mass is 9.72. The van der Waals surface area contributed by atoms with Gasteiger partial charge >= 0.3 is 0 Å². The molecule has 4 rings (SSSR count). The third-order valence-corrected chi connectivity index (χ3v) is 5.70. The van der Waals surface area contributed by atoms with Crippen molar-refractivity contribution in [1.82, 2.24) is 10.2 Å². The van der Waals surface area contributed by atoms with E-state index in [2.05, 4.69) is 24.1 Å². The summed E-state index contributed by atoms with van der Waals surface area (Å²) in [6, 6.07) is 0.698. The molecule has 0 radical (unpaired) electrons. The molecule has 1 saturated carbocycles. The molecule has 18 heavy (non-hydrogen) atoms. The molecule has 0 aromatic heterocycles. The van der Waals surface area contributed by atoms with E-state index in [1.165, 1.54) is 51.7 Å². The van der Waals surface area contributed by atoms with Crippen LogP contribution < -0.4 is 11.1 Å². The molecule has 104 valence electrons. The van der Waals surface area contributed by atoms with E-state index in [9.17, 15) is 0 Å². The second kappa shape index (κ2) is 4.46. The van der Waals surface area contributed by atoms with E-state index in [1.54, 1.807) is 0 Å². The Balaban J connectivity index is 1.69. The van der Waals surface area contributed by atoms with Crippen LogP contribution in [0.5, 0.6) is 0 Å². The normalized spacial score (nSPS) is 46.5. The highest BCUT2D eigenvalue weighted by molar-refractivity contribution is 5.07. The molecule has 3 aliphatic heterocycles. The third kappa shape index (κ3) is 2.21. The maximum absolute atomic E-state index is 6.18. The van der Waals surface area contributed by atoms with Gasteiger partial charge in [0.05, 0.1) is 0 Å². The Hall–Kier alpha value is -0.120. The van der Waals surface area contributed by atoms with Gasteiger partial charge in [0.25, 0.3) is 0 Å². The molecule has 1 aliphatic carbocycles. The summed E-state index contributed by atoms with van der Waals surface area (Å²) in [5.41, 5.74) is 6.93. The first-order chi connectivity index (χ1) is 8.53. The van der Waals surface area contributed by atoms with Gasteiger partial charge in [0, 0.05) is 24.7 Å². The number of nitrogens with zero attached hydrogens (tertiary/aromatic N) is 1. The summed E-state index contributed by atoms with van der Waals surface area (Å²) in [5, 5.41) is 4.00. The molecule has 2 unspecified atom stereocenters. The van der Waals surface area contributed by atoms with Gasteiger partial charge in [-0.3, -0.25) is 0 Å². The highest BCUT2D eigenvalue weighted by Gasteiger charge is 2.47. The van der Waals surface area contributed by atoms with E-state index in [4.69, 9.17) is 5.73 Å². The molecular weight excluding hydrogens is 222 g/mol. The number of nitrogens with one attached hydrogen (secondary N) is 1. The van der Waals surface area contributed by atoms with Gasteiger partial charge in [-0.05, 0) is 56.5 Å². The molecule has 3 heteroatoms. The Bertz CT molecular complexity index is 307. The first-order valence-corrected chi connectivity index (χ1v) is 7.73. The summed E-state index contributed by atoms with van der Waals surface area (Å²) in [4.78, 5) is 2.61. The van der Waals surface area contributed by atoms with Crippen molar-refractivity contribution in [3.8, 4) is 0 Å². The van der Waals surface area contributed by atoms with Gasteiger partial charge in [-0.1, -0.05) is 13.8 Å². The summed E-state index contributed by atoms with van der Waals surface area (Å²) in [6.45, 7) is 9.39. The number of hydrogen-bond acceptors (Lipinski definition) is 3. The largest absolute Gasteiger partial charge is 0.329 e. The van der Waals surface area contributed by atoms with Crippen LogP contribution >= 0.6 is 0 Å². The highest BCUT2D eigenvalue weighted by Crippen LogP contribution is 2.41. The van der Waals surface area contributed by atoms with Crippen molar-refractivity contribution in [1.29, 1.82) is 0 Å². The fourth-order valence-electron chi connectivity index (χ4n) is 4.59. The molecule has 2 atom stereocenters. The van der Waals surface area contributed by atoms with Crippen molar-refractivity contribution in [2.75, 3.05) is 26.2 Å². The summed E-state index contributed by atoms with van der Waals surface area (Å²) in [6.07, 6.45) is 6.71. The zero-order valence-corrected chi connectivity index (χ0v) is 12.0. The molecule has 0 amide bonds. The molecule has 3 saturated heterocycles. The maximum atomic E-state index is 6.18. The fraction of sp³-hybridized carbons (Fsp3) is 1.00. The van der Waals surface area contributed by atoms with Crippen LogP contribution in [0, 0.1) is 11.3 Å². The second-order valence-electron chi connectivity index (χ2n) is 7.66. The quantitative estimate of drug-likeness (QED) is 0.800. The van der Waals surface area contributed by atoms with Gasteiger partial charge in [-0.15, -0.1) is 0 Å². The van der Waals surface area contributed by atoms with E-state index < -0.39 is 0 Å². The second-order valence-corrected chi connectivity index (χ2v) is 7.66. The Morgan fingerprint density at radius 2 is 1.94 bits per heavy atom. The third-order valence-electron chi connectivity index (χ3n) is 5.70. The average Bonchev–Trinajstić information content (AvgIpc) is 2.70. The molecule has 3 nitrogen and oxygen atoms in total. The van der Waals surface area contributed by atoms with Crippen molar-refractivity contribution in [3.63, 3.8) is 0 Å². The lowest BCUT2D eigenvalue weighted by Gasteiger charge is -2.54. The number of hydrogen-bond donors (Lipinski definition) is 2. The minimum absolute atomic E-state index is 0.224.